The second-order valence-corrected chi connectivity index (χ2v) is 22.9. The molecule has 0 unspecified atom stereocenters. The zero-order chi connectivity index (χ0) is 25.9. The molecule has 1 rings (SSSR count). The first-order chi connectivity index (χ1) is 14.7. The number of ether oxygens (including phenoxy) is 1. The van der Waals surface area contributed by atoms with E-state index in [0.717, 1.165) is 18.5 Å². The van der Waals surface area contributed by atoms with Crippen LogP contribution in [0.1, 0.15) is 75.2 Å². The lowest BCUT2D eigenvalue weighted by atomic mass is 10.0. The number of hydrogen-bond acceptors (Lipinski definition) is 4. The van der Waals surface area contributed by atoms with Crippen LogP contribution in [0.25, 0.3) is 0 Å². The zero-order valence-corrected chi connectivity index (χ0v) is 25.8. The van der Waals surface area contributed by atoms with Crippen LogP contribution in [0.4, 0.5) is 4.79 Å². The van der Waals surface area contributed by atoms with Crippen molar-refractivity contribution in [2.75, 3.05) is 19.8 Å². The molecule has 0 N–H and O–H groups in total. The number of piperidine rings is 1. The first-order valence-electron chi connectivity index (χ1n) is 12.3. The van der Waals surface area contributed by atoms with E-state index in [0.29, 0.717) is 19.8 Å². The summed E-state index contributed by atoms with van der Waals surface area (Å²) in [6.45, 7) is 30.0. The molecule has 1 heterocycles. The third-order valence-electron chi connectivity index (χ3n) is 7.22. The fraction of sp³-hybridized carbons (Fsp3) is 0.808. The highest BCUT2D eigenvalue weighted by Crippen LogP contribution is 2.38. The first-order valence-corrected chi connectivity index (χ1v) is 18.1. The van der Waals surface area contributed by atoms with Crippen molar-refractivity contribution in [1.82, 2.24) is 4.90 Å². The predicted molar refractivity (Wildman–Crippen MR) is 145 cm³/mol. The van der Waals surface area contributed by atoms with Gasteiger partial charge >= 0.3 is 6.09 Å². The average molecular weight is 498 g/mol. The Bertz CT molecular complexity index is 735. The van der Waals surface area contributed by atoms with Gasteiger partial charge in [-0.3, -0.25) is 4.90 Å². The maximum absolute atomic E-state index is 12.9. The Morgan fingerprint density at radius 3 is 1.73 bits per heavy atom. The number of hydrogen-bond donors (Lipinski definition) is 0. The summed E-state index contributed by atoms with van der Waals surface area (Å²) < 4.78 is 18.4. The zero-order valence-electron chi connectivity index (χ0n) is 23.8. The molecular weight excluding hydrogens is 446 g/mol. The summed E-state index contributed by atoms with van der Waals surface area (Å²) in [5.41, 5.74) is 1.76. The van der Waals surface area contributed by atoms with Gasteiger partial charge in [-0.2, -0.15) is 0 Å². The highest BCUT2D eigenvalue weighted by atomic mass is 28.4. The Morgan fingerprint density at radius 2 is 1.30 bits per heavy atom. The van der Waals surface area contributed by atoms with E-state index in [4.69, 9.17) is 13.6 Å². The van der Waals surface area contributed by atoms with Crippen molar-refractivity contribution in [3.63, 3.8) is 0 Å². The summed E-state index contributed by atoms with van der Waals surface area (Å²) in [6.07, 6.45) is 5.57. The number of carbonyl (C=O) groups is 1. The van der Waals surface area contributed by atoms with Crippen molar-refractivity contribution >= 4 is 22.7 Å². The molecule has 0 aromatic rings. The summed E-state index contributed by atoms with van der Waals surface area (Å²) in [6, 6.07) is 0. The molecule has 33 heavy (non-hydrogen) atoms. The van der Waals surface area contributed by atoms with Crippen LogP contribution in [0.5, 0.6) is 0 Å². The van der Waals surface area contributed by atoms with Crippen LogP contribution in [0.2, 0.25) is 36.3 Å². The number of likely N-dealkylation sites (tertiary alicyclic amines) is 1. The molecular formula is C26H51NO4Si2. The molecule has 5 nitrogen and oxygen atoms in total. The Kier molecular flexibility index (Phi) is 9.86. The van der Waals surface area contributed by atoms with Gasteiger partial charge in [-0.25, -0.2) is 4.79 Å². The van der Waals surface area contributed by atoms with Gasteiger partial charge in [0.2, 0.25) is 0 Å². The van der Waals surface area contributed by atoms with Gasteiger partial charge in [-0.1, -0.05) is 53.2 Å². The molecule has 1 saturated heterocycles. The molecule has 7 heteroatoms. The molecule has 1 fully saturated rings. The Morgan fingerprint density at radius 1 is 0.848 bits per heavy atom. The van der Waals surface area contributed by atoms with E-state index in [1.165, 1.54) is 5.57 Å². The van der Waals surface area contributed by atoms with Crippen LogP contribution in [0.15, 0.2) is 23.4 Å². The molecule has 0 spiro atoms. The normalized spacial score (nSPS) is 19.4. The van der Waals surface area contributed by atoms with Gasteiger partial charge in [-0.15, -0.1) is 0 Å². The summed E-state index contributed by atoms with van der Waals surface area (Å²) >= 11 is 0. The van der Waals surface area contributed by atoms with Gasteiger partial charge < -0.3 is 13.6 Å². The van der Waals surface area contributed by atoms with E-state index in [9.17, 15) is 4.79 Å². The summed E-state index contributed by atoms with van der Waals surface area (Å²) in [5, 5.41) is 0.340. The van der Waals surface area contributed by atoms with Crippen LogP contribution >= 0.6 is 0 Å². The minimum Gasteiger partial charge on any atom is -0.443 e. The van der Waals surface area contributed by atoms with Crippen LogP contribution in [-0.2, 0) is 13.6 Å². The number of nitrogens with zero attached hydrogens (tertiary/aromatic N) is 1. The van der Waals surface area contributed by atoms with E-state index < -0.39 is 22.2 Å². The van der Waals surface area contributed by atoms with Crippen LogP contribution in [0.3, 0.4) is 0 Å². The van der Waals surface area contributed by atoms with Crippen molar-refractivity contribution in [3.8, 4) is 0 Å². The second kappa shape index (κ2) is 10.8. The van der Waals surface area contributed by atoms with E-state index in [2.05, 4.69) is 79.9 Å². The van der Waals surface area contributed by atoms with Crippen LogP contribution in [0, 0.1) is 0 Å². The first kappa shape index (κ1) is 30.1. The van der Waals surface area contributed by atoms with Gasteiger partial charge in [0.1, 0.15) is 5.60 Å². The maximum atomic E-state index is 12.9. The van der Waals surface area contributed by atoms with Crippen molar-refractivity contribution in [2.24, 2.45) is 0 Å². The Balaban J connectivity index is 3.00. The summed E-state index contributed by atoms with van der Waals surface area (Å²) in [5.74, 6) is 0. The Hall–Kier alpha value is -0.896. The lowest BCUT2D eigenvalue weighted by Crippen LogP contribution is -2.41. The topological polar surface area (TPSA) is 48.0 Å². The molecule has 0 radical (unpaired) electrons. The fourth-order valence-electron chi connectivity index (χ4n) is 2.84. The van der Waals surface area contributed by atoms with Gasteiger partial charge in [-0.05, 0) is 69.5 Å². The number of carbonyl (C=O) groups excluding carboxylic acids is 1. The molecule has 1 aliphatic heterocycles. The minimum atomic E-state index is -1.86. The number of amides is 1. The third-order valence-corrected chi connectivity index (χ3v) is 16.2. The molecule has 0 saturated carbocycles. The quantitative estimate of drug-likeness (QED) is 0.277. The highest BCUT2D eigenvalue weighted by molar-refractivity contribution is 6.74. The third kappa shape index (κ3) is 9.34. The van der Waals surface area contributed by atoms with Gasteiger partial charge in [0.15, 0.2) is 16.6 Å². The monoisotopic (exact) mass is 497 g/mol. The van der Waals surface area contributed by atoms with Crippen LogP contribution < -0.4 is 0 Å². The summed E-state index contributed by atoms with van der Waals surface area (Å²) in [7, 11) is -3.65. The lowest BCUT2D eigenvalue weighted by Gasteiger charge is -2.37. The van der Waals surface area contributed by atoms with Gasteiger partial charge in [0.05, 0.1) is 13.2 Å². The van der Waals surface area contributed by atoms with E-state index in [-0.39, 0.29) is 16.2 Å². The van der Waals surface area contributed by atoms with Gasteiger partial charge in [0, 0.05) is 18.7 Å². The summed E-state index contributed by atoms with van der Waals surface area (Å²) in [4.78, 5) is 14.7. The largest absolute Gasteiger partial charge is 0.443 e. The number of rotatable bonds is 6. The Labute approximate surface area is 206 Å². The predicted octanol–water partition coefficient (Wildman–Crippen LogP) is 7.87. The molecule has 0 atom stereocenters. The van der Waals surface area contributed by atoms with Crippen molar-refractivity contribution in [1.29, 1.82) is 0 Å². The molecule has 1 amide bonds. The van der Waals surface area contributed by atoms with Gasteiger partial charge in [0.25, 0.3) is 0 Å². The molecule has 0 aromatic heterocycles. The number of allylic oxidation sites excluding steroid dienone is 1. The van der Waals surface area contributed by atoms with Crippen molar-refractivity contribution < 1.29 is 18.4 Å². The highest BCUT2D eigenvalue weighted by Gasteiger charge is 2.38. The SMILES string of the molecule is CC(C)(C)OC(=O)N1CCC(=CCO[Si](C)(C)C(C)(C)C)CC1=CCO[Si](C)(C)C(C)(C)C. The smallest absolute Gasteiger partial charge is 0.414 e. The van der Waals surface area contributed by atoms with Crippen molar-refractivity contribution in [2.45, 2.75) is 117 Å². The standard InChI is InChI=1S/C26H51NO4Si2/c1-24(2,3)31-23(28)27-17-14-21(15-18-29-32(10,11)25(4,5)6)20-22(27)16-19-30-33(12,13)26(7,8)9/h15-16H,14,17-20H2,1-13H3. The average Bonchev–Trinajstić information content (AvgIpc) is 2.58. The molecule has 0 aromatic carbocycles. The molecule has 0 bridgehead atoms. The molecule has 0 aliphatic carbocycles. The minimum absolute atomic E-state index is 0.148. The fourth-order valence-corrected chi connectivity index (χ4v) is 4.71. The maximum Gasteiger partial charge on any atom is 0.414 e. The van der Waals surface area contributed by atoms with Crippen LogP contribution in [-0.4, -0.2) is 53.0 Å². The molecule has 1 aliphatic rings. The second-order valence-electron chi connectivity index (χ2n) is 13.3. The lowest BCUT2D eigenvalue weighted by molar-refractivity contribution is 0.0298. The molecule has 192 valence electrons. The van der Waals surface area contributed by atoms with E-state index >= 15 is 0 Å². The van der Waals surface area contributed by atoms with E-state index in [1.807, 2.05) is 20.8 Å². The van der Waals surface area contributed by atoms with E-state index in [1.54, 1.807) is 4.90 Å². The van der Waals surface area contributed by atoms with Crippen molar-refractivity contribution in [3.05, 3.63) is 23.4 Å².